The van der Waals surface area contributed by atoms with Crippen molar-refractivity contribution in [1.29, 1.82) is 0 Å². The van der Waals surface area contributed by atoms with Crippen LogP contribution in [0.5, 0.6) is 0 Å². The van der Waals surface area contributed by atoms with Gasteiger partial charge in [0.2, 0.25) is 5.91 Å². The molecule has 32 heavy (non-hydrogen) atoms. The van der Waals surface area contributed by atoms with Gasteiger partial charge >= 0.3 is 0 Å². The summed E-state index contributed by atoms with van der Waals surface area (Å²) >= 11 is 0. The summed E-state index contributed by atoms with van der Waals surface area (Å²) in [6, 6.07) is 19.1. The highest BCUT2D eigenvalue weighted by Crippen LogP contribution is 2.25. The Balaban J connectivity index is 1.20. The van der Waals surface area contributed by atoms with E-state index in [0.29, 0.717) is 12.5 Å². The van der Waals surface area contributed by atoms with Crippen molar-refractivity contribution in [3.05, 3.63) is 60.2 Å². The highest BCUT2D eigenvalue weighted by Gasteiger charge is 2.27. The number of carbonyl (C=O) groups excluding carboxylic acids is 1. The minimum atomic E-state index is 0.0569. The molecule has 0 aromatic heterocycles. The normalized spacial score (nSPS) is 18.6. The molecule has 2 aliphatic heterocycles. The molecule has 2 fully saturated rings. The van der Waals surface area contributed by atoms with Gasteiger partial charge in [0.1, 0.15) is 0 Å². The van der Waals surface area contributed by atoms with Crippen LogP contribution in [0.15, 0.2) is 54.6 Å². The summed E-state index contributed by atoms with van der Waals surface area (Å²) in [6.07, 6.45) is 3.64. The van der Waals surface area contributed by atoms with Crippen molar-refractivity contribution < 1.29 is 9.90 Å². The van der Waals surface area contributed by atoms with Gasteiger partial charge in [0.25, 0.3) is 0 Å². The van der Waals surface area contributed by atoms with Crippen LogP contribution in [0.25, 0.3) is 0 Å². The molecule has 2 aromatic carbocycles. The van der Waals surface area contributed by atoms with Crippen LogP contribution in [0, 0.1) is 0 Å². The maximum absolute atomic E-state index is 12.3. The van der Waals surface area contributed by atoms with E-state index in [2.05, 4.69) is 44.3 Å². The molecular formula is C26H36N4O2. The van der Waals surface area contributed by atoms with Gasteiger partial charge in [-0.2, -0.15) is 0 Å². The molecule has 0 unspecified atom stereocenters. The third-order valence-corrected chi connectivity index (χ3v) is 6.80. The minimum absolute atomic E-state index is 0.0569. The number of amides is 1. The van der Waals surface area contributed by atoms with Crippen LogP contribution in [-0.4, -0.2) is 79.3 Å². The Hall–Kier alpha value is -2.41. The summed E-state index contributed by atoms with van der Waals surface area (Å²) in [4.78, 5) is 19.7. The molecule has 1 amide bonds. The Morgan fingerprint density at radius 3 is 2.25 bits per heavy atom. The molecule has 6 nitrogen and oxygen atoms in total. The van der Waals surface area contributed by atoms with Crippen molar-refractivity contribution in [3.63, 3.8) is 0 Å². The maximum Gasteiger partial charge on any atom is 0.224 e. The topological polar surface area (TPSA) is 59.1 Å². The minimum Gasteiger partial charge on any atom is -0.395 e. The van der Waals surface area contributed by atoms with Gasteiger partial charge in [-0.05, 0) is 49.1 Å². The van der Waals surface area contributed by atoms with Crippen LogP contribution in [0.4, 0.5) is 11.4 Å². The molecule has 4 rings (SSSR count). The van der Waals surface area contributed by atoms with Gasteiger partial charge in [-0.1, -0.05) is 30.3 Å². The van der Waals surface area contributed by atoms with E-state index in [0.717, 1.165) is 57.9 Å². The summed E-state index contributed by atoms with van der Waals surface area (Å²) < 4.78 is 0. The van der Waals surface area contributed by atoms with Crippen LogP contribution in [-0.2, 0) is 11.2 Å². The first-order chi connectivity index (χ1) is 15.7. The van der Waals surface area contributed by atoms with Crippen molar-refractivity contribution in [2.45, 2.75) is 31.7 Å². The molecule has 172 valence electrons. The summed E-state index contributed by atoms with van der Waals surface area (Å²) in [6.45, 7) is 7.57. The lowest BCUT2D eigenvalue weighted by Gasteiger charge is -2.43. The summed E-state index contributed by atoms with van der Waals surface area (Å²) in [5, 5.41) is 12.1. The number of benzene rings is 2. The quantitative estimate of drug-likeness (QED) is 0.667. The lowest BCUT2D eigenvalue weighted by Crippen LogP contribution is -2.53. The molecule has 0 bridgehead atoms. The summed E-state index contributed by atoms with van der Waals surface area (Å²) in [5.74, 6) is 0.0569. The van der Waals surface area contributed by atoms with E-state index >= 15 is 0 Å². The zero-order chi connectivity index (χ0) is 22.2. The van der Waals surface area contributed by atoms with Crippen LogP contribution in [0.3, 0.4) is 0 Å². The molecule has 0 spiro atoms. The van der Waals surface area contributed by atoms with Crippen LogP contribution < -0.4 is 10.2 Å². The average Bonchev–Trinajstić information content (AvgIpc) is 2.85. The van der Waals surface area contributed by atoms with Crippen molar-refractivity contribution in [3.8, 4) is 0 Å². The second-order valence-corrected chi connectivity index (χ2v) is 8.90. The number of nitrogens with zero attached hydrogens (tertiary/aromatic N) is 3. The molecule has 0 radical (unpaired) electrons. The number of rotatable bonds is 8. The van der Waals surface area contributed by atoms with Gasteiger partial charge in [0.05, 0.1) is 6.61 Å². The smallest absolute Gasteiger partial charge is 0.224 e. The Morgan fingerprint density at radius 2 is 1.59 bits per heavy atom. The number of aliphatic hydroxyl groups excluding tert-OH is 1. The van der Waals surface area contributed by atoms with Gasteiger partial charge in [0.15, 0.2) is 0 Å². The number of hydrogen-bond donors (Lipinski definition) is 2. The summed E-state index contributed by atoms with van der Waals surface area (Å²) in [7, 11) is 0. The number of aryl methyl sites for hydroxylation is 1. The molecule has 2 heterocycles. The monoisotopic (exact) mass is 436 g/mol. The standard InChI is InChI=1S/C26H36N4O2/c31-21-20-28-16-18-30(19-17-28)25-12-14-29(15-13-25)24-9-7-23(8-10-24)27-26(32)11-6-22-4-2-1-3-5-22/h1-5,7-10,25,31H,6,11-21H2,(H,27,32). The molecule has 0 saturated carbocycles. The number of carbonyl (C=O) groups is 1. The molecule has 2 aliphatic rings. The second-order valence-electron chi connectivity index (χ2n) is 8.90. The molecule has 6 heteroatoms. The van der Waals surface area contributed by atoms with Gasteiger partial charge in [-0.15, -0.1) is 0 Å². The van der Waals surface area contributed by atoms with E-state index in [1.54, 1.807) is 0 Å². The van der Waals surface area contributed by atoms with E-state index in [9.17, 15) is 4.79 Å². The molecule has 0 aliphatic carbocycles. The number of piperazine rings is 1. The zero-order valence-corrected chi connectivity index (χ0v) is 19.0. The zero-order valence-electron chi connectivity index (χ0n) is 19.0. The highest BCUT2D eigenvalue weighted by atomic mass is 16.3. The first kappa shape index (κ1) is 22.8. The number of anilines is 2. The fourth-order valence-electron chi connectivity index (χ4n) is 4.86. The average molecular weight is 437 g/mol. The lowest BCUT2D eigenvalue weighted by molar-refractivity contribution is -0.116. The van der Waals surface area contributed by atoms with Gasteiger partial charge in [0, 0.05) is 69.7 Å². The molecule has 2 aromatic rings. The summed E-state index contributed by atoms with van der Waals surface area (Å²) in [5.41, 5.74) is 3.29. The van der Waals surface area contributed by atoms with E-state index in [1.807, 2.05) is 30.3 Å². The van der Waals surface area contributed by atoms with Gasteiger partial charge in [-0.3, -0.25) is 14.6 Å². The van der Waals surface area contributed by atoms with E-state index < -0.39 is 0 Å². The molecular weight excluding hydrogens is 400 g/mol. The fraction of sp³-hybridized carbons (Fsp3) is 0.500. The Bertz CT molecular complexity index is 827. The van der Waals surface area contributed by atoms with Crippen molar-refractivity contribution in [2.75, 3.05) is 62.6 Å². The first-order valence-corrected chi connectivity index (χ1v) is 12.0. The molecule has 0 atom stereocenters. The maximum atomic E-state index is 12.3. The van der Waals surface area contributed by atoms with E-state index in [1.165, 1.54) is 24.1 Å². The third kappa shape index (κ3) is 6.31. The Kier molecular flexibility index (Phi) is 8.15. The predicted molar refractivity (Wildman–Crippen MR) is 130 cm³/mol. The molecule has 2 saturated heterocycles. The van der Waals surface area contributed by atoms with Crippen molar-refractivity contribution in [1.82, 2.24) is 9.80 Å². The fourth-order valence-corrected chi connectivity index (χ4v) is 4.86. The van der Waals surface area contributed by atoms with E-state index in [4.69, 9.17) is 5.11 Å². The Labute approximate surface area is 191 Å². The van der Waals surface area contributed by atoms with Crippen LogP contribution in [0.1, 0.15) is 24.8 Å². The third-order valence-electron chi connectivity index (χ3n) is 6.80. The lowest BCUT2D eigenvalue weighted by atomic mass is 10.0. The number of β-amino-alcohol motifs (C(OH)–C–C–N with tert-alkyl or cyclic N) is 1. The predicted octanol–water partition coefficient (Wildman–Crippen LogP) is 2.84. The van der Waals surface area contributed by atoms with E-state index in [-0.39, 0.29) is 12.5 Å². The largest absolute Gasteiger partial charge is 0.395 e. The number of piperidine rings is 1. The van der Waals surface area contributed by atoms with Crippen LogP contribution in [0.2, 0.25) is 0 Å². The van der Waals surface area contributed by atoms with Gasteiger partial charge in [-0.25, -0.2) is 0 Å². The number of hydrogen-bond acceptors (Lipinski definition) is 5. The van der Waals surface area contributed by atoms with Crippen molar-refractivity contribution in [2.24, 2.45) is 0 Å². The number of nitrogens with one attached hydrogen (secondary N) is 1. The first-order valence-electron chi connectivity index (χ1n) is 12.0. The number of aliphatic hydroxyl groups is 1. The van der Waals surface area contributed by atoms with Crippen molar-refractivity contribution >= 4 is 17.3 Å². The SMILES string of the molecule is O=C(CCc1ccccc1)Nc1ccc(N2CCC(N3CCN(CCO)CC3)CC2)cc1. The Morgan fingerprint density at radius 1 is 0.906 bits per heavy atom. The highest BCUT2D eigenvalue weighted by molar-refractivity contribution is 5.91. The van der Waals surface area contributed by atoms with Crippen LogP contribution >= 0.6 is 0 Å². The molecule has 2 N–H and O–H groups in total. The van der Waals surface area contributed by atoms with Gasteiger partial charge < -0.3 is 15.3 Å². The second kappa shape index (κ2) is 11.5.